The number of halogens is 1. The van der Waals surface area contributed by atoms with Gasteiger partial charge in [0.15, 0.2) is 0 Å². The van der Waals surface area contributed by atoms with Gasteiger partial charge >= 0.3 is 0 Å². The van der Waals surface area contributed by atoms with Crippen molar-refractivity contribution >= 4 is 16.9 Å². The Morgan fingerprint density at radius 2 is 2.06 bits per heavy atom. The van der Waals surface area contributed by atoms with Gasteiger partial charge in [0.05, 0.1) is 30.0 Å². The number of aromatic nitrogens is 4. The van der Waals surface area contributed by atoms with Gasteiger partial charge in [0.2, 0.25) is 5.91 Å². The van der Waals surface area contributed by atoms with Gasteiger partial charge in [-0.05, 0) is 60.6 Å². The lowest BCUT2D eigenvalue weighted by Crippen LogP contribution is -2.33. The molecule has 1 aliphatic heterocycles. The fourth-order valence-electron chi connectivity index (χ4n) is 4.61. The topological polar surface area (TPSA) is 66.8 Å². The quantitative estimate of drug-likeness (QED) is 0.508. The number of hydrogen-bond donors (Lipinski definition) is 1. The van der Waals surface area contributed by atoms with Gasteiger partial charge in [-0.15, -0.1) is 0 Å². The maximum atomic E-state index is 13.4. The molecule has 7 heteroatoms. The summed E-state index contributed by atoms with van der Waals surface area (Å²) in [5.74, 6) is 0.278. The first-order chi connectivity index (χ1) is 15.7. The maximum absolute atomic E-state index is 13.4. The van der Waals surface area contributed by atoms with Crippen LogP contribution in [0.5, 0.6) is 0 Å². The third-order valence-electron chi connectivity index (χ3n) is 6.35. The average molecular weight is 432 g/mol. The van der Waals surface area contributed by atoms with Crippen LogP contribution in [0, 0.1) is 11.7 Å². The van der Waals surface area contributed by atoms with E-state index in [9.17, 15) is 9.18 Å². The summed E-state index contributed by atoms with van der Waals surface area (Å²) in [6.07, 6.45) is 8.89. The molecule has 0 bridgehead atoms. The Morgan fingerprint density at radius 1 is 1.12 bits per heavy atom. The van der Waals surface area contributed by atoms with E-state index in [-0.39, 0.29) is 18.1 Å². The molecule has 2 aromatic carbocycles. The van der Waals surface area contributed by atoms with Crippen LogP contribution in [0.4, 0.5) is 4.39 Å². The minimum atomic E-state index is -0.296. The molecule has 1 saturated heterocycles. The highest BCUT2D eigenvalue weighted by Crippen LogP contribution is 2.26. The van der Waals surface area contributed by atoms with Gasteiger partial charge in [-0.2, -0.15) is 5.10 Å². The van der Waals surface area contributed by atoms with Crippen LogP contribution in [0.25, 0.3) is 22.2 Å². The summed E-state index contributed by atoms with van der Waals surface area (Å²) >= 11 is 0. The molecule has 32 heavy (non-hydrogen) atoms. The standard InChI is InChI=1S/C25H26FN5O/c26-22-5-1-3-19(11-22)12-25(32)30-9-2-4-18(8-10-30)16-31-17-27-23-13-20(6-7-24(23)31)21-14-28-29-15-21/h1,3,5-7,11,13-15,17-18H,2,4,8-10,12,16H2,(H,28,29). The highest BCUT2D eigenvalue weighted by Gasteiger charge is 2.21. The Balaban J connectivity index is 1.22. The first-order valence-corrected chi connectivity index (χ1v) is 11.1. The number of likely N-dealkylation sites (tertiary alicyclic amines) is 1. The SMILES string of the molecule is O=C(Cc1cccc(F)c1)N1CCCC(Cn2cnc3cc(-c4cn[nH]c4)ccc32)CC1. The number of carbonyl (C=O) groups is 1. The van der Waals surface area contributed by atoms with Crippen molar-refractivity contribution < 1.29 is 9.18 Å². The predicted molar refractivity (Wildman–Crippen MR) is 121 cm³/mol. The lowest BCUT2D eigenvalue weighted by molar-refractivity contribution is -0.130. The molecule has 5 rings (SSSR count). The zero-order valence-electron chi connectivity index (χ0n) is 17.9. The molecular weight excluding hydrogens is 405 g/mol. The van der Waals surface area contributed by atoms with Crippen LogP contribution in [-0.4, -0.2) is 43.6 Å². The summed E-state index contributed by atoms with van der Waals surface area (Å²) in [7, 11) is 0. The number of H-pyrrole nitrogens is 1. The van der Waals surface area contributed by atoms with E-state index in [0.29, 0.717) is 5.92 Å². The minimum Gasteiger partial charge on any atom is -0.342 e. The van der Waals surface area contributed by atoms with Gasteiger partial charge in [0.1, 0.15) is 5.82 Å². The zero-order valence-corrected chi connectivity index (χ0v) is 17.9. The minimum absolute atomic E-state index is 0.0797. The predicted octanol–water partition coefficient (Wildman–Crippen LogP) is 4.44. The molecular formula is C25H26FN5O. The van der Waals surface area contributed by atoms with Gasteiger partial charge < -0.3 is 9.47 Å². The molecule has 4 aromatic rings. The molecule has 1 amide bonds. The molecule has 0 spiro atoms. The summed E-state index contributed by atoms with van der Waals surface area (Å²) in [5, 5.41) is 6.87. The van der Waals surface area contributed by atoms with Gasteiger partial charge in [0.25, 0.3) is 0 Å². The Labute approximate surface area is 186 Å². The van der Waals surface area contributed by atoms with Crippen molar-refractivity contribution in [3.63, 3.8) is 0 Å². The van der Waals surface area contributed by atoms with Crippen molar-refractivity contribution in [2.45, 2.75) is 32.2 Å². The number of aromatic amines is 1. The van der Waals surface area contributed by atoms with Gasteiger partial charge in [-0.1, -0.05) is 18.2 Å². The average Bonchev–Trinajstić information content (AvgIpc) is 3.40. The van der Waals surface area contributed by atoms with Crippen LogP contribution in [0.2, 0.25) is 0 Å². The highest BCUT2D eigenvalue weighted by atomic mass is 19.1. The maximum Gasteiger partial charge on any atom is 0.226 e. The molecule has 6 nitrogen and oxygen atoms in total. The monoisotopic (exact) mass is 431 g/mol. The molecule has 2 aromatic heterocycles. The van der Waals surface area contributed by atoms with Crippen molar-refractivity contribution in [2.24, 2.45) is 5.92 Å². The third-order valence-corrected chi connectivity index (χ3v) is 6.35. The Kier molecular flexibility index (Phi) is 5.71. The van der Waals surface area contributed by atoms with Crippen molar-refractivity contribution in [1.82, 2.24) is 24.6 Å². The van der Waals surface area contributed by atoms with E-state index in [1.165, 1.54) is 12.1 Å². The lowest BCUT2D eigenvalue weighted by Gasteiger charge is -2.21. The van der Waals surface area contributed by atoms with Gasteiger partial charge in [0, 0.05) is 31.4 Å². The first-order valence-electron chi connectivity index (χ1n) is 11.1. The summed E-state index contributed by atoms with van der Waals surface area (Å²) in [6.45, 7) is 2.41. The number of nitrogens with zero attached hydrogens (tertiary/aromatic N) is 4. The van der Waals surface area contributed by atoms with Crippen LogP contribution in [0.1, 0.15) is 24.8 Å². The van der Waals surface area contributed by atoms with Crippen molar-refractivity contribution in [1.29, 1.82) is 0 Å². The van der Waals surface area contributed by atoms with Crippen LogP contribution in [-0.2, 0) is 17.8 Å². The molecule has 1 N–H and O–H groups in total. The number of carbonyl (C=O) groups excluding carboxylic acids is 1. The lowest BCUT2D eigenvalue weighted by atomic mass is 10.0. The van der Waals surface area contributed by atoms with E-state index in [0.717, 1.165) is 66.6 Å². The number of amides is 1. The van der Waals surface area contributed by atoms with E-state index >= 15 is 0 Å². The van der Waals surface area contributed by atoms with E-state index in [4.69, 9.17) is 0 Å². The Morgan fingerprint density at radius 3 is 2.91 bits per heavy atom. The Bertz CT molecular complexity index is 1220. The van der Waals surface area contributed by atoms with Crippen LogP contribution in [0.15, 0.2) is 61.2 Å². The fraction of sp³-hybridized carbons (Fsp3) is 0.320. The molecule has 0 radical (unpaired) electrons. The molecule has 1 unspecified atom stereocenters. The second-order valence-corrected chi connectivity index (χ2v) is 8.57. The molecule has 0 saturated carbocycles. The van der Waals surface area contributed by atoms with Crippen molar-refractivity contribution in [3.8, 4) is 11.1 Å². The van der Waals surface area contributed by atoms with E-state index in [1.807, 2.05) is 29.7 Å². The largest absolute Gasteiger partial charge is 0.342 e. The number of benzene rings is 2. The summed E-state index contributed by atoms with van der Waals surface area (Å²) < 4.78 is 15.7. The molecule has 1 aliphatic rings. The second-order valence-electron chi connectivity index (χ2n) is 8.57. The zero-order chi connectivity index (χ0) is 21.9. The highest BCUT2D eigenvalue weighted by molar-refractivity contribution is 5.82. The molecule has 0 aliphatic carbocycles. The number of hydrogen-bond acceptors (Lipinski definition) is 3. The van der Waals surface area contributed by atoms with Crippen LogP contribution >= 0.6 is 0 Å². The summed E-state index contributed by atoms with van der Waals surface area (Å²) in [5.41, 5.74) is 4.98. The smallest absolute Gasteiger partial charge is 0.226 e. The van der Waals surface area contributed by atoms with Crippen LogP contribution < -0.4 is 0 Å². The number of nitrogens with one attached hydrogen (secondary N) is 1. The van der Waals surface area contributed by atoms with Gasteiger partial charge in [-0.25, -0.2) is 9.37 Å². The third kappa shape index (κ3) is 4.42. The number of rotatable bonds is 5. The van der Waals surface area contributed by atoms with Crippen molar-refractivity contribution in [2.75, 3.05) is 13.1 Å². The number of imidazole rings is 1. The molecule has 3 heterocycles. The molecule has 164 valence electrons. The summed E-state index contributed by atoms with van der Waals surface area (Å²) in [4.78, 5) is 19.3. The van der Waals surface area contributed by atoms with E-state index in [1.54, 1.807) is 6.07 Å². The molecule has 1 fully saturated rings. The first kappa shape index (κ1) is 20.4. The van der Waals surface area contributed by atoms with Crippen LogP contribution in [0.3, 0.4) is 0 Å². The Hall–Kier alpha value is -3.48. The van der Waals surface area contributed by atoms with Crippen molar-refractivity contribution in [3.05, 3.63) is 72.6 Å². The normalized spacial score (nSPS) is 16.9. The van der Waals surface area contributed by atoms with E-state index < -0.39 is 0 Å². The number of fused-ring (bicyclic) bond motifs is 1. The second kappa shape index (κ2) is 8.94. The van der Waals surface area contributed by atoms with Gasteiger partial charge in [-0.3, -0.25) is 9.89 Å². The molecule has 1 atom stereocenters. The summed E-state index contributed by atoms with van der Waals surface area (Å²) in [6, 6.07) is 12.6. The van der Waals surface area contributed by atoms with E-state index in [2.05, 4.69) is 37.9 Å². The fourth-order valence-corrected chi connectivity index (χ4v) is 4.61.